The molecule has 0 N–H and O–H groups in total. The molecule has 0 heterocycles. The van der Waals surface area contributed by atoms with Crippen molar-refractivity contribution in [2.45, 2.75) is 26.7 Å². The second-order valence-electron chi connectivity index (χ2n) is 4.45. The zero-order valence-corrected chi connectivity index (χ0v) is 11.6. The Morgan fingerprint density at radius 1 is 1.29 bits per heavy atom. The Kier molecular flexibility index (Phi) is 6.20. The molecule has 0 unspecified atom stereocenters. The topological polar surface area (TPSA) is 18.5 Å². The first-order valence-corrected chi connectivity index (χ1v) is 6.57. The molecule has 0 aliphatic heterocycles. The van der Waals surface area contributed by atoms with Gasteiger partial charge in [0.15, 0.2) is 11.5 Å². The Morgan fingerprint density at radius 2 is 2.06 bits per heavy atom. The van der Waals surface area contributed by atoms with Crippen LogP contribution in [0.2, 0.25) is 0 Å². The second-order valence-corrected chi connectivity index (χ2v) is 4.82. The highest BCUT2D eigenvalue weighted by atomic mass is 35.5. The van der Waals surface area contributed by atoms with Crippen molar-refractivity contribution in [3.05, 3.63) is 23.8 Å². The van der Waals surface area contributed by atoms with Crippen molar-refractivity contribution >= 4 is 11.6 Å². The molecule has 1 rings (SSSR count). The van der Waals surface area contributed by atoms with Crippen molar-refractivity contribution in [2.75, 3.05) is 19.6 Å². The smallest absolute Gasteiger partial charge is 0.163 e. The Balaban J connectivity index is 2.81. The van der Waals surface area contributed by atoms with Gasteiger partial charge in [0, 0.05) is 5.88 Å². The number of aryl methyl sites for hydroxylation is 1. The van der Waals surface area contributed by atoms with Crippen LogP contribution in [0.4, 0.5) is 0 Å². The van der Waals surface area contributed by atoms with E-state index in [0.29, 0.717) is 18.4 Å². The molecule has 0 aliphatic rings. The first-order chi connectivity index (χ1) is 8.19. The molecule has 0 fully saturated rings. The molecule has 3 heteroatoms. The van der Waals surface area contributed by atoms with Gasteiger partial charge < -0.3 is 9.47 Å². The Bertz CT molecular complexity index is 337. The van der Waals surface area contributed by atoms with E-state index in [0.717, 1.165) is 29.9 Å². The molecule has 0 atom stereocenters. The fraction of sp³-hybridized carbons (Fsp3) is 0.571. The van der Waals surface area contributed by atoms with E-state index in [4.69, 9.17) is 21.1 Å². The molecular weight excluding hydrogens is 236 g/mol. The number of rotatable bonds is 7. The molecule has 0 saturated heterocycles. The van der Waals surface area contributed by atoms with Gasteiger partial charge in [-0.1, -0.05) is 26.0 Å². The minimum Gasteiger partial charge on any atom is -0.493 e. The van der Waals surface area contributed by atoms with Gasteiger partial charge in [-0.25, -0.2) is 0 Å². The predicted octanol–water partition coefficient (Wildman–Crippen LogP) is 3.90. The number of ether oxygens (including phenoxy) is 2. The Labute approximate surface area is 109 Å². The molecule has 0 spiro atoms. The van der Waals surface area contributed by atoms with Crippen LogP contribution in [0.5, 0.6) is 11.5 Å². The van der Waals surface area contributed by atoms with Crippen molar-refractivity contribution in [1.82, 2.24) is 0 Å². The fourth-order valence-corrected chi connectivity index (χ4v) is 1.75. The third-order valence-electron chi connectivity index (χ3n) is 2.42. The molecule has 0 aromatic heterocycles. The molecule has 1 aromatic carbocycles. The van der Waals surface area contributed by atoms with Crippen molar-refractivity contribution in [3.8, 4) is 11.5 Å². The summed E-state index contributed by atoms with van der Waals surface area (Å²) in [5.74, 6) is 2.85. The highest BCUT2D eigenvalue weighted by molar-refractivity contribution is 6.17. The molecule has 17 heavy (non-hydrogen) atoms. The molecule has 0 radical (unpaired) electrons. The van der Waals surface area contributed by atoms with Gasteiger partial charge >= 0.3 is 0 Å². The highest BCUT2D eigenvalue weighted by Crippen LogP contribution is 2.32. The SMILES string of the molecule is COc1c(CCCCl)cccc1OCC(C)C. The molecule has 0 aliphatic carbocycles. The van der Waals surface area contributed by atoms with Crippen LogP contribution in [0, 0.1) is 5.92 Å². The lowest BCUT2D eigenvalue weighted by Gasteiger charge is -2.15. The van der Waals surface area contributed by atoms with Crippen molar-refractivity contribution in [2.24, 2.45) is 5.92 Å². The van der Waals surface area contributed by atoms with E-state index >= 15 is 0 Å². The zero-order chi connectivity index (χ0) is 12.7. The monoisotopic (exact) mass is 256 g/mol. The van der Waals surface area contributed by atoms with Crippen LogP contribution in [-0.2, 0) is 6.42 Å². The number of benzene rings is 1. The van der Waals surface area contributed by atoms with Crippen LogP contribution < -0.4 is 9.47 Å². The maximum atomic E-state index is 5.75. The average molecular weight is 257 g/mol. The van der Waals surface area contributed by atoms with Gasteiger partial charge in [0.1, 0.15) is 0 Å². The maximum absolute atomic E-state index is 5.75. The van der Waals surface area contributed by atoms with Crippen LogP contribution in [0.1, 0.15) is 25.8 Å². The standard InChI is InChI=1S/C14H21ClO2/c1-11(2)10-17-13-8-4-6-12(7-5-9-15)14(13)16-3/h4,6,8,11H,5,7,9-10H2,1-3H3. The Hall–Kier alpha value is -0.890. The van der Waals surface area contributed by atoms with Crippen LogP contribution in [0.15, 0.2) is 18.2 Å². The van der Waals surface area contributed by atoms with Gasteiger partial charge in [-0.3, -0.25) is 0 Å². The van der Waals surface area contributed by atoms with E-state index in [-0.39, 0.29) is 0 Å². The summed E-state index contributed by atoms with van der Waals surface area (Å²) in [7, 11) is 1.68. The van der Waals surface area contributed by atoms with E-state index in [9.17, 15) is 0 Å². The van der Waals surface area contributed by atoms with Crippen LogP contribution in [0.3, 0.4) is 0 Å². The van der Waals surface area contributed by atoms with Gasteiger partial charge in [-0.15, -0.1) is 11.6 Å². The lowest BCUT2D eigenvalue weighted by molar-refractivity contribution is 0.256. The largest absolute Gasteiger partial charge is 0.493 e. The number of hydrogen-bond donors (Lipinski definition) is 0. The lowest BCUT2D eigenvalue weighted by atomic mass is 10.1. The predicted molar refractivity (Wildman–Crippen MR) is 72.4 cm³/mol. The third kappa shape index (κ3) is 4.47. The summed E-state index contributed by atoms with van der Waals surface area (Å²) in [6.45, 7) is 4.96. The number of alkyl halides is 1. The second kappa shape index (κ2) is 7.44. The van der Waals surface area contributed by atoms with Gasteiger partial charge in [-0.2, -0.15) is 0 Å². The van der Waals surface area contributed by atoms with Gasteiger partial charge in [0.25, 0.3) is 0 Å². The number of halogens is 1. The fourth-order valence-electron chi connectivity index (χ4n) is 1.62. The number of methoxy groups -OCH3 is 1. The molecular formula is C14H21ClO2. The van der Waals surface area contributed by atoms with Crippen molar-refractivity contribution in [1.29, 1.82) is 0 Å². The first kappa shape index (κ1) is 14.2. The van der Waals surface area contributed by atoms with Crippen molar-refractivity contribution < 1.29 is 9.47 Å². The van der Waals surface area contributed by atoms with Crippen LogP contribution >= 0.6 is 11.6 Å². The van der Waals surface area contributed by atoms with Gasteiger partial charge in [0.05, 0.1) is 13.7 Å². The molecule has 0 saturated carbocycles. The minimum atomic E-state index is 0.506. The summed E-state index contributed by atoms with van der Waals surface area (Å²) in [4.78, 5) is 0. The van der Waals surface area contributed by atoms with E-state index in [1.165, 1.54) is 0 Å². The van der Waals surface area contributed by atoms with Gasteiger partial charge in [-0.05, 0) is 30.4 Å². The minimum absolute atomic E-state index is 0.506. The highest BCUT2D eigenvalue weighted by Gasteiger charge is 2.10. The van der Waals surface area contributed by atoms with E-state index in [1.807, 2.05) is 12.1 Å². The zero-order valence-electron chi connectivity index (χ0n) is 10.8. The van der Waals surface area contributed by atoms with Crippen LogP contribution in [-0.4, -0.2) is 19.6 Å². The van der Waals surface area contributed by atoms with Crippen LogP contribution in [0.25, 0.3) is 0 Å². The van der Waals surface area contributed by atoms with E-state index < -0.39 is 0 Å². The molecule has 96 valence electrons. The molecule has 2 nitrogen and oxygen atoms in total. The summed E-state index contributed by atoms with van der Waals surface area (Å²) >= 11 is 5.72. The van der Waals surface area contributed by atoms with E-state index in [2.05, 4.69) is 19.9 Å². The maximum Gasteiger partial charge on any atom is 0.163 e. The summed E-state index contributed by atoms with van der Waals surface area (Å²) in [5.41, 5.74) is 1.16. The summed E-state index contributed by atoms with van der Waals surface area (Å²) < 4.78 is 11.2. The molecule has 0 amide bonds. The number of hydrogen-bond acceptors (Lipinski definition) is 2. The van der Waals surface area contributed by atoms with Gasteiger partial charge in [0.2, 0.25) is 0 Å². The summed E-state index contributed by atoms with van der Waals surface area (Å²) in [6.07, 6.45) is 1.87. The quantitative estimate of drug-likeness (QED) is 0.689. The van der Waals surface area contributed by atoms with E-state index in [1.54, 1.807) is 7.11 Å². The average Bonchev–Trinajstić information content (AvgIpc) is 2.33. The summed E-state index contributed by atoms with van der Waals surface area (Å²) in [6, 6.07) is 6.01. The summed E-state index contributed by atoms with van der Waals surface area (Å²) in [5, 5.41) is 0. The normalized spacial score (nSPS) is 10.6. The number of para-hydroxylation sites is 1. The molecule has 1 aromatic rings. The Morgan fingerprint density at radius 3 is 2.65 bits per heavy atom. The molecule has 0 bridgehead atoms. The van der Waals surface area contributed by atoms with Crippen molar-refractivity contribution in [3.63, 3.8) is 0 Å². The first-order valence-electron chi connectivity index (χ1n) is 6.03. The lowest BCUT2D eigenvalue weighted by Crippen LogP contribution is -2.06. The third-order valence-corrected chi connectivity index (χ3v) is 2.68.